The number of para-hydroxylation sites is 1. The van der Waals surface area contributed by atoms with Crippen molar-refractivity contribution in [3.63, 3.8) is 0 Å². The van der Waals surface area contributed by atoms with Crippen molar-refractivity contribution in [1.82, 2.24) is 8.87 Å². The second-order valence-corrected chi connectivity index (χ2v) is 10.2. The molecule has 0 bridgehead atoms. The molecule has 1 heterocycles. The number of aromatic nitrogens is 1. The van der Waals surface area contributed by atoms with Gasteiger partial charge in [-0.05, 0) is 40.2 Å². The van der Waals surface area contributed by atoms with Crippen LogP contribution in [0.15, 0.2) is 62.2 Å². The van der Waals surface area contributed by atoms with Crippen molar-refractivity contribution < 1.29 is 8.42 Å². The van der Waals surface area contributed by atoms with Gasteiger partial charge in [-0.3, -0.25) is 0 Å². The quantitative estimate of drug-likeness (QED) is 0.539. The second kappa shape index (κ2) is 7.89. The largest absolute Gasteiger partial charge is 0.320 e. The highest BCUT2D eigenvalue weighted by Gasteiger charge is 2.22. The van der Waals surface area contributed by atoms with Crippen molar-refractivity contribution in [3.05, 3.63) is 62.1 Å². The highest BCUT2D eigenvalue weighted by atomic mass is 79.9. The summed E-state index contributed by atoms with van der Waals surface area (Å²) in [5.41, 5.74) is 2.44. The lowest BCUT2D eigenvalue weighted by Crippen LogP contribution is -2.22. The van der Waals surface area contributed by atoms with Crippen LogP contribution in [-0.2, 0) is 17.1 Å². The van der Waals surface area contributed by atoms with Gasteiger partial charge in [0.15, 0.2) is 4.80 Å². The maximum atomic E-state index is 12.5. The van der Waals surface area contributed by atoms with Gasteiger partial charge in [-0.2, -0.15) is 0 Å². The summed E-state index contributed by atoms with van der Waals surface area (Å²) < 4.78 is 29.0. The van der Waals surface area contributed by atoms with E-state index < -0.39 is 10.0 Å². The molecule has 0 spiro atoms. The number of hydrogen-bond donors (Lipinski definition) is 0. The van der Waals surface area contributed by atoms with Gasteiger partial charge in [0.2, 0.25) is 10.0 Å². The van der Waals surface area contributed by atoms with E-state index in [1.807, 2.05) is 41.3 Å². The molecule has 3 aromatic rings. The molecule has 3 rings (SSSR count). The second-order valence-electron chi connectivity index (χ2n) is 5.96. The van der Waals surface area contributed by atoms with Crippen LogP contribution in [-0.4, -0.2) is 31.4 Å². The number of nitrogens with zero attached hydrogens (tertiary/aromatic N) is 3. The first kappa shape index (κ1) is 20.3. The van der Waals surface area contributed by atoms with Gasteiger partial charge >= 0.3 is 0 Å². The van der Waals surface area contributed by atoms with Crippen molar-refractivity contribution in [2.75, 3.05) is 14.1 Å². The van der Waals surface area contributed by atoms with Crippen molar-refractivity contribution in [3.8, 4) is 11.3 Å². The fourth-order valence-corrected chi connectivity index (χ4v) is 5.12. The summed E-state index contributed by atoms with van der Waals surface area (Å²) in [6.45, 7) is 0. The zero-order valence-electron chi connectivity index (χ0n) is 14.8. The van der Waals surface area contributed by atoms with Gasteiger partial charge in [-0.25, -0.2) is 17.7 Å². The van der Waals surface area contributed by atoms with E-state index in [0.29, 0.717) is 0 Å². The Morgan fingerprint density at radius 1 is 1.19 bits per heavy atom. The van der Waals surface area contributed by atoms with E-state index in [1.165, 1.54) is 25.4 Å². The molecule has 0 fully saturated rings. The van der Waals surface area contributed by atoms with E-state index in [9.17, 15) is 8.42 Å². The number of halogens is 2. The number of thiazole rings is 1. The Labute approximate surface area is 175 Å². The maximum absolute atomic E-state index is 12.5. The first-order valence-corrected chi connectivity index (χ1v) is 11.4. The molecule has 0 aliphatic rings. The van der Waals surface area contributed by atoms with Gasteiger partial charge in [0, 0.05) is 36.6 Å². The van der Waals surface area contributed by atoms with Crippen LogP contribution in [0.5, 0.6) is 0 Å². The van der Waals surface area contributed by atoms with E-state index in [1.54, 1.807) is 18.2 Å². The SMILES string of the molecule is CN(C)S(=O)(=O)c1cc(-c2cs/c(=N/c3ccccc3Br)n2C)ccc1Cl. The summed E-state index contributed by atoms with van der Waals surface area (Å²) in [4.78, 5) is 5.57. The molecular weight excluding hydrogens is 470 g/mol. The molecule has 0 saturated heterocycles. The Morgan fingerprint density at radius 2 is 1.89 bits per heavy atom. The molecule has 0 N–H and O–H groups in total. The average molecular weight is 487 g/mol. The molecule has 2 aromatic carbocycles. The number of hydrogen-bond acceptors (Lipinski definition) is 4. The van der Waals surface area contributed by atoms with Crippen LogP contribution in [0, 0.1) is 0 Å². The van der Waals surface area contributed by atoms with E-state index in [4.69, 9.17) is 11.6 Å². The lowest BCUT2D eigenvalue weighted by molar-refractivity contribution is 0.521. The number of sulfonamides is 1. The van der Waals surface area contributed by atoms with Gasteiger partial charge in [-0.15, -0.1) is 11.3 Å². The van der Waals surface area contributed by atoms with Crippen LogP contribution in [0.1, 0.15) is 0 Å². The van der Waals surface area contributed by atoms with Gasteiger partial charge in [0.1, 0.15) is 4.90 Å². The Hall–Kier alpha value is -1.45. The van der Waals surface area contributed by atoms with E-state index in [2.05, 4.69) is 20.9 Å². The monoisotopic (exact) mass is 485 g/mol. The topological polar surface area (TPSA) is 54.7 Å². The summed E-state index contributed by atoms with van der Waals surface area (Å²) in [5, 5.41) is 2.15. The van der Waals surface area contributed by atoms with Crippen molar-refractivity contribution >= 4 is 54.6 Å². The number of benzene rings is 2. The summed E-state index contributed by atoms with van der Waals surface area (Å²) in [6, 6.07) is 12.7. The van der Waals surface area contributed by atoms with Crippen LogP contribution in [0.25, 0.3) is 11.3 Å². The Morgan fingerprint density at radius 3 is 2.56 bits per heavy atom. The molecule has 0 amide bonds. The third kappa shape index (κ3) is 4.05. The Bertz CT molecular complexity index is 1170. The molecule has 142 valence electrons. The first-order valence-electron chi connectivity index (χ1n) is 7.88. The lowest BCUT2D eigenvalue weighted by atomic mass is 10.2. The minimum atomic E-state index is -3.63. The summed E-state index contributed by atoms with van der Waals surface area (Å²) in [7, 11) is 1.23. The van der Waals surface area contributed by atoms with Crippen LogP contribution < -0.4 is 4.80 Å². The van der Waals surface area contributed by atoms with E-state index >= 15 is 0 Å². The van der Waals surface area contributed by atoms with Gasteiger partial charge < -0.3 is 4.57 Å². The smallest absolute Gasteiger partial charge is 0.244 e. The zero-order chi connectivity index (χ0) is 19.8. The molecular formula is C18H17BrClN3O2S2. The molecule has 0 unspecified atom stereocenters. The normalized spacial score (nSPS) is 12.7. The fourth-order valence-electron chi connectivity index (χ4n) is 2.44. The molecule has 1 aromatic heterocycles. The molecule has 0 atom stereocenters. The lowest BCUT2D eigenvalue weighted by Gasteiger charge is -2.14. The molecule has 5 nitrogen and oxygen atoms in total. The molecule has 0 aliphatic carbocycles. The van der Waals surface area contributed by atoms with Gasteiger partial charge in [-0.1, -0.05) is 29.8 Å². The van der Waals surface area contributed by atoms with Crippen molar-refractivity contribution in [2.24, 2.45) is 12.0 Å². The summed E-state index contributed by atoms with van der Waals surface area (Å²) >= 11 is 11.1. The summed E-state index contributed by atoms with van der Waals surface area (Å²) in [5.74, 6) is 0. The standard InChI is InChI=1S/C18H17BrClN3O2S2/c1-22(2)27(24,25)17-10-12(8-9-14(17)20)16-11-26-18(23(16)3)21-15-7-5-4-6-13(15)19/h4-11H,1-3H3/b21-18+. The fraction of sp³-hybridized carbons (Fsp3) is 0.167. The predicted molar refractivity (Wildman–Crippen MR) is 114 cm³/mol. The first-order chi connectivity index (χ1) is 12.7. The van der Waals surface area contributed by atoms with E-state index in [-0.39, 0.29) is 9.92 Å². The molecule has 0 aliphatic heterocycles. The molecule has 27 heavy (non-hydrogen) atoms. The molecule has 0 saturated carbocycles. The third-order valence-electron chi connectivity index (χ3n) is 3.98. The zero-order valence-corrected chi connectivity index (χ0v) is 18.8. The summed E-state index contributed by atoms with van der Waals surface area (Å²) in [6.07, 6.45) is 0. The highest BCUT2D eigenvalue weighted by Crippen LogP contribution is 2.30. The predicted octanol–water partition coefficient (Wildman–Crippen LogP) is 4.65. The van der Waals surface area contributed by atoms with Crippen LogP contribution >= 0.6 is 38.9 Å². The van der Waals surface area contributed by atoms with Crippen LogP contribution in [0.2, 0.25) is 5.02 Å². The third-order valence-corrected chi connectivity index (χ3v) is 7.86. The van der Waals surface area contributed by atoms with Crippen molar-refractivity contribution in [2.45, 2.75) is 4.90 Å². The van der Waals surface area contributed by atoms with Gasteiger partial charge in [0.25, 0.3) is 0 Å². The maximum Gasteiger partial charge on any atom is 0.244 e. The average Bonchev–Trinajstić information content (AvgIpc) is 2.98. The minimum Gasteiger partial charge on any atom is -0.320 e. The van der Waals surface area contributed by atoms with Gasteiger partial charge in [0.05, 0.1) is 16.4 Å². The minimum absolute atomic E-state index is 0.0853. The Kier molecular flexibility index (Phi) is 5.93. The van der Waals surface area contributed by atoms with Crippen molar-refractivity contribution in [1.29, 1.82) is 0 Å². The molecule has 0 radical (unpaired) electrons. The number of rotatable bonds is 4. The highest BCUT2D eigenvalue weighted by molar-refractivity contribution is 9.10. The Balaban J connectivity index is 2.12. The van der Waals surface area contributed by atoms with Crippen LogP contribution in [0.4, 0.5) is 5.69 Å². The van der Waals surface area contributed by atoms with Crippen LogP contribution in [0.3, 0.4) is 0 Å². The van der Waals surface area contributed by atoms with E-state index in [0.717, 1.165) is 30.5 Å². The molecule has 9 heteroatoms.